The third-order valence-corrected chi connectivity index (χ3v) is 4.65. The summed E-state index contributed by atoms with van der Waals surface area (Å²) >= 11 is 0. The fourth-order valence-electron chi connectivity index (χ4n) is 2.99. The van der Waals surface area contributed by atoms with Crippen molar-refractivity contribution >= 4 is 23.2 Å². The predicted octanol–water partition coefficient (Wildman–Crippen LogP) is 3.15. The topological polar surface area (TPSA) is 101 Å². The van der Waals surface area contributed by atoms with Gasteiger partial charge >= 0.3 is 0 Å². The van der Waals surface area contributed by atoms with Gasteiger partial charge in [0.2, 0.25) is 17.6 Å². The minimum atomic E-state index is -0.488. The molecular weight excluding hydrogens is 389 g/mol. The van der Waals surface area contributed by atoms with E-state index >= 15 is 0 Å². The second-order valence-corrected chi connectivity index (χ2v) is 6.75. The predicted molar refractivity (Wildman–Crippen MR) is 107 cm³/mol. The molecule has 1 aromatic heterocycles. The Kier molecular flexibility index (Phi) is 5.34. The number of halogens is 1. The van der Waals surface area contributed by atoms with Crippen LogP contribution in [0.25, 0.3) is 11.4 Å². The van der Waals surface area contributed by atoms with Crippen molar-refractivity contribution in [1.82, 2.24) is 15.1 Å². The van der Waals surface area contributed by atoms with Crippen LogP contribution in [-0.2, 0) is 9.59 Å². The van der Waals surface area contributed by atoms with Crippen LogP contribution < -0.4 is 5.32 Å². The molecule has 4 rings (SSSR count). The maximum absolute atomic E-state index is 13.7. The first-order valence-corrected chi connectivity index (χ1v) is 9.33. The van der Waals surface area contributed by atoms with Crippen LogP contribution in [0.3, 0.4) is 0 Å². The molecule has 1 aliphatic heterocycles. The van der Waals surface area contributed by atoms with Crippen molar-refractivity contribution in [3.05, 3.63) is 65.8 Å². The molecule has 2 amide bonds. The summed E-state index contributed by atoms with van der Waals surface area (Å²) in [6.07, 6.45) is 0.491. The van der Waals surface area contributed by atoms with Crippen LogP contribution in [0, 0.1) is 12.7 Å². The van der Waals surface area contributed by atoms with Crippen LogP contribution in [-0.4, -0.2) is 39.2 Å². The number of carbonyl (C=O) groups is 2. The smallest absolute Gasteiger partial charge is 0.274 e. The minimum Gasteiger partial charge on any atom is -0.332 e. The molecule has 0 fully saturated rings. The van der Waals surface area contributed by atoms with Crippen molar-refractivity contribution in [3.8, 4) is 11.4 Å². The van der Waals surface area contributed by atoms with E-state index in [-0.39, 0.29) is 24.8 Å². The second kappa shape index (κ2) is 8.24. The molecule has 1 N–H and O–H groups in total. The molecule has 152 valence electrons. The van der Waals surface area contributed by atoms with E-state index in [0.717, 1.165) is 10.6 Å². The van der Waals surface area contributed by atoms with E-state index in [4.69, 9.17) is 4.52 Å². The van der Waals surface area contributed by atoms with Gasteiger partial charge in [-0.2, -0.15) is 10.1 Å². The van der Waals surface area contributed by atoms with E-state index in [1.807, 2.05) is 30.3 Å². The summed E-state index contributed by atoms with van der Waals surface area (Å²) in [7, 11) is 0. The Balaban J connectivity index is 1.49. The lowest BCUT2D eigenvalue weighted by atomic mass is 10.1. The van der Waals surface area contributed by atoms with Crippen molar-refractivity contribution in [2.75, 3.05) is 11.9 Å². The monoisotopic (exact) mass is 407 g/mol. The highest BCUT2D eigenvalue weighted by Gasteiger charge is 2.26. The van der Waals surface area contributed by atoms with Gasteiger partial charge in [0.25, 0.3) is 5.89 Å². The van der Waals surface area contributed by atoms with E-state index in [1.165, 1.54) is 12.1 Å². The minimum absolute atomic E-state index is 0.161. The molecule has 0 aliphatic carbocycles. The van der Waals surface area contributed by atoms with E-state index in [1.54, 1.807) is 13.0 Å². The lowest BCUT2D eigenvalue weighted by molar-refractivity contribution is -0.135. The van der Waals surface area contributed by atoms with Crippen LogP contribution >= 0.6 is 0 Å². The van der Waals surface area contributed by atoms with Crippen molar-refractivity contribution < 1.29 is 18.5 Å². The second-order valence-electron chi connectivity index (χ2n) is 6.75. The van der Waals surface area contributed by atoms with Crippen molar-refractivity contribution in [3.63, 3.8) is 0 Å². The quantitative estimate of drug-likeness (QED) is 0.700. The highest BCUT2D eigenvalue weighted by molar-refractivity contribution is 6.02. The lowest BCUT2D eigenvalue weighted by Crippen LogP contribution is -2.38. The number of hydrazone groups is 1. The van der Waals surface area contributed by atoms with Crippen molar-refractivity contribution in [2.24, 2.45) is 5.10 Å². The Morgan fingerprint density at radius 1 is 1.17 bits per heavy atom. The van der Waals surface area contributed by atoms with Gasteiger partial charge in [0, 0.05) is 29.7 Å². The van der Waals surface area contributed by atoms with Gasteiger partial charge in [-0.1, -0.05) is 41.6 Å². The summed E-state index contributed by atoms with van der Waals surface area (Å²) in [6.45, 7) is 1.26. The van der Waals surface area contributed by atoms with Gasteiger partial charge in [-0.15, -0.1) is 0 Å². The molecule has 0 saturated carbocycles. The van der Waals surface area contributed by atoms with Crippen LogP contribution in [0.1, 0.15) is 24.3 Å². The van der Waals surface area contributed by atoms with Crippen LogP contribution in [0.2, 0.25) is 0 Å². The first kappa shape index (κ1) is 19.4. The van der Waals surface area contributed by atoms with E-state index < -0.39 is 11.7 Å². The zero-order chi connectivity index (χ0) is 21.1. The first-order chi connectivity index (χ1) is 14.5. The third kappa shape index (κ3) is 4.09. The van der Waals surface area contributed by atoms with E-state index in [9.17, 15) is 14.0 Å². The van der Waals surface area contributed by atoms with Gasteiger partial charge in [-0.05, 0) is 19.1 Å². The molecule has 2 aromatic carbocycles. The number of rotatable bonds is 5. The normalized spacial score (nSPS) is 13.9. The van der Waals surface area contributed by atoms with Gasteiger partial charge in [-0.25, -0.2) is 9.40 Å². The average molecular weight is 407 g/mol. The average Bonchev–Trinajstić information content (AvgIpc) is 3.24. The molecule has 0 unspecified atom stereocenters. The summed E-state index contributed by atoms with van der Waals surface area (Å²) in [6, 6.07) is 13.7. The van der Waals surface area contributed by atoms with Crippen LogP contribution in [0.15, 0.2) is 58.2 Å². The van der Waals surface area contributed by atoms with Gasteiger partial charge in [0.15, 0.2) is 0 Å². The number of aromatic nitrogens is 2. The van der Waals surface area contributed by atoms with Crippen LogP contribution in [0.4, 0.5) is 10.1 Å². The number of hydrogen-bond donors (Lipinski definition) is 1. The number of hydrogen-bond acceptors (Lipinski definition) is 6. The number of nitrogens with one attached hydrogen (secondary N) is 1. The van der Waals surface area contributed by atoms with E-state index in [0.29, 0.717) is 29.2 Å². The van der Waals surface area contributed by atoms with Crippen LogP contribution in [0.5, 0.6) is 0 Å². The van der Waals surface area contributed by atoms with Gasteiger partial charge in [0.05, 0.1) is 0 Å². The Morgan fingerprint density at radius 2 is 1.97 bits per heavy atom. The summed E-state index contributed by atoms with van der Waals surface area (Å²) in [4.78, 5) is 28.9. The molecule has 30 heavy (non-hydrogen) atoms. The Hall–Kier alpha value is -3.88. The number of carbonyl (C=O) groups excluding carboxylic acids is 2. The summed E-state index contributed by atoms with van der Waals surface area (Å²) in [5, 5.41) is 11.9. The standard InChI is InChI=1S/C21H18FN5O3/c1-13-15(22)8-5-9-16(13)23-18(28)12-27-19(29)11-10-17(25-27)21-24-20(26-30-21)14-6-3-2-4-7-14/h2-9H,10-12H2,1H3,(H,23,28). The molecule has 1 aliphatic rings. The SMILES string of the molecule is Cc1c(F)cccc1NC(=O)CN1N=C(c2nc(-c3ccccc3)no2)CCC1=O. The lowest BCUT2D eigenvalue weighted by Gasteiger charge is -2.22. The maximum atomic E-state index is 13.7. The molecule has 3 aromatic rings. The van der Waals surface area contributed by atoms with Crippen molar-refractivity contribution in [2.45, 2.75) is 19.8 Å². The molecular formula is C21H18FN5O3. The molecule has 0 radical (unpaired) electrons. The fourth-order valence-corrected chi connectivity index (χ4v) is 2.99. The molecule has 0 saturated heterocycles. The largest absolute Gasteiger partial charge is 0.332 e. The molecule has 0 bridgehead atoms. The Bertz CT molecular complexity index is 1130. The molecule has 9 heteroatoms. The number of benzene rings is 2. The number of amides is 2. The van der Waals surface area contributed by atoms with Gasteiger partial charge < -0.3 is 9.84 Å². The molecule has 8 nitrogen and oxygen atoms in total. The molecule has 0 spiro atoms. The highest BCUT2D eigenvalue weighted by atomic mass is 19.1. The van der Waals surface area contributed by atoms with E-state index in [2.05, 4.69) is 20.6 Å². The summed E-state index contributed by atoms with van der Waals surface area (Å²) in [5.74, 6) is -0.596. The zero-order valence-corrected chi connectivity index (χ0v) is 16.1. The van der Waals surface area contributed by atoms with Gasteiger partial charge in [0.1, 0.15) is 18.1 Å². The Morgan fingerprint density at radius 3 is 2.77 bits per heavy atom. The number of anilines is 1. The maximum Gasteiger partial charge on any atom is 0.274 e. The summed E-state index contributed by atoms with van der Waals surface area (Å²) < 4.78 is 19.0. The number of nitrogens with zero attached hydrogens (tertiary/aromatic N) is 4. The van der Waals surface area contributed by atoms with Crippen molar-refractivity contribution in [1.29, 1.82) is 0 Å². The zero-order valence-electron chi connectivity index (χ0n) is 16.1. The third-order valence-electron chi connectivity index (χ3n) is 4.65. The molecule has 2 heterocycles. The molecule has 0 atom stereocenters. The highest BCUT2D eigenvalue weighted by Crippen LogP contribution is 2.20. The van der Waals surface area contributed by atoms with Gasteiger partial charge in [-0.3, -0.25) is 9.59 Å². The first-order valence-electron chi connectivity index (χ1n) is 9.33. The fraction of sp³-hybridized carbons (Fsp3) is 0.190. The summed E-state index contributed by atoms with van der Waals surface area (Å²) in [5.41, 5.74) is 1.89. The Labute approximate surface area is 171 Å².